The van der Waals surface area contributed by atoms with Crippen molar-refractivity contribution in [2.24, 2.45) is 0 Å². The predicted octanol–water partition coefficient (Wildman–Crippen LogP) is 0.827. The highest BCUT2D eigenvalue weighted by atomic mass is 19.1. The van der Waals surface area contributed by atoms with Crippen molar-refractivity contribution < 1.29 is 13.9 Å². The summed E-state index contributed by atoms with van der Waals surface area (Å²) in [6.45, 7) is 1.03. The van der Waals surface area contributed by atoms with Gasteiger partial charge in [0.2, 0.25) is 5.95 Å². The van der Waals surface area contributed by atoms with E-state index in [2.05, 4.69) is 15.0 Å². The summed E-state index contributed by atoms with van der Waals surface area (Å²) in [6.07, 6.45) is 0.547. The van der Waals surface area contributed by atoms with E-state index < -0.39 is 6.17 Å². The van der Waals surface area contributed by atoms with E-state index in [1.807, 2.05) is 0 Å². The first kappa shape index (κ1) is 11.8. The second-order valence-corrected chi connectivity index (χ2v) is 3.79. The lowest BCUT2D eigenvalue weighted by Gasteiger charge is -2.28. The van der Waals surface area contributed by atoms with Gasteiger partial charge in [-0.15, -0.1) is 4.98 Å². The van der Waals surface area contributed by atoms with Crippen molar-refractivity contribution in [3.05, 3.63) is 0 Å². The summed E-state index contributed by atoms with van der Waals surface area (Å²) in [4.78, 5) is 13.9. The van der Waals surface area contributed by atoms with E-state index in [0.29, 0.717) is 18.9 Å². The fraction of sp³-hybridized carbons (Fsp3) is 0.700. The van der Waals surface area contributed by atoms with Crippen LogP contribution >= 0.6 is 0 Å². The van der Waals surface area contributed by atoms with E-state index >= 15 is 0 Å². The first-order valence-corrected chi connectivity index (χ1v) is 5.46. The summed E-state index contributed by atoms with van der Waals surface area (Å²) >= 11 is 0. The lowest BCUT2D eigenvalue weighted by molar-refractivity contribution is 0.283. The topological polar surface area (TPSA) is 60.4 Å². The molecule has 17 heavy (non-hydrogen) atoms. The Kier molecular flexibility index (Phi) is 3.55. The summed E-state index contributed by atoms with van der Waals surface area (Å²) in [5.41, 5.74) is 0. The second-order valence-electron chi connectivity index (χ2n) is 3.79. The molecule has 1 fully saturated rings. The van der Waals surface area contributed by atoms with Crippen LogP contribution in [0.3, 0.4) is 0 Å². The normalized spacial score (nSPS) is 20.2. The van der Waals surface area contributed by atoms with Crippen LogP contribution in [0.5, 0.6) is 12.0 Å². The molecule has 1 atom stereocenters. The van der Waals surface area contributed by atoms with Crippen LogP contribution in [0.4, 0.5) is 10.3 Å². The quantitative estimate of drug-likeness (QED) is 0.782. The smallest absolute Gasteiger partial charge is 0.324 e. The Labute approximate surface area is 98.8 Å². The number of halogens is 1. The van der Waals surface area contributed by atoms with Gasteiger partial charge in [0.1, 0.15) is 6.17 Å². The third-order valence-corrected chi connectivity index (χ3v) is 2.59. The van der Waals surface area contributed by atoms with E-state index in [1.54, 1.807) is 4.90 Å². The van der Waals surface area contributed by atoms with E-state index in [4.69, 9.17) is 9.47 Å². The van der Waals surface area contributed by atoms with Crippen LogP contribution in [-0.4, -0.2) is 48.4 Å². The van der Waals surface area contributed by atoms with Gasteiger partial charge in [-0.05, 0) is 12.8 Å². The molecular formula is C10H15FN4O2. The minimum absolute atomic E-state index is 0.174. The number of hydrogen-bond acceptors (Lipinski definition) is 6. The van der Waals surface area contributed by atoms with Gasteiger partial charge in [-0.1, -0.05) is 0 Å². The van der Waals surface area contributed by atoms with Crippen LogP contribution in [0.15, 0.2) is 0 Å². The molecule has 94 valence electrons. The number of hydrogen-bond donors (Lipinski definition) is 0. The molecule has 7 heteroatoms. The van der Waals surface area contributed by atoms with Crippen LogP contribution in [0.2, 0.25) is 0 Å². The summed E-state index contributed by atoms with van der Waals surface area (Å²) in [5.74, 6) is 0.399. The first-order chi connectivity index (χ1) is 8.22. The monoisotopic (exact) mass is 242 g/mol. The first-order valence-electron chi connectivity index (χ1n) is 5.46. The molecule has 1 aliphatic rings. The van der Waals surface area contributed by atoms with Gasteiger partial charge in [0.15, 0.2) is 0 Å². The summed E-state index contributed by atoms with van der Waals surface area (Å²) in [6, 6.07) is 0.348. The van der Waals surface area contributed by atoms with Gasteiger partial charge >= 0.3 is 12.0 Å². The largest absolute Gasteiger partial charge is 0.467 e. The maximum Gasteiger partial charge on any atom is 0.324 e. The van der Waals surface area contributed by atoms with Crippen molar-refractivity contribution in [2.45, 2.75) is 19.0 Å². The molecule has 0 aromatic carbocycles. The van der Waals surface area contributed by atoms with Gasteiger partial charge in [0, 0.05) is 6.54 Å². The third kappa shape index (κ3) is 2.72. The number of nitrogens with zero attached hydrogens (tertiary/aromatic N) is 4. The molecule has 0 aliphatic carbocycles. The van der Waals surface area contributed by atoms with Gasteiger partial charge in [0.05, 0.1) is 20.8 Å². The Morgan fingerprint density at radius 2 is 1.82 bits per heavy atom. The minimum atomic E-state index is -0.836. The predicted molar refractivity (Wildman–Crippen MR) is 59.3 cm³/mol. The lowest BCUT2D eigenvalue weighted by atomic mass is 10.1. The Morgan fingerprint density at radius 1 is 1.18 bits per heavy atom. The van der Waals surface area contributed by atoms with Crippen LogP contribution in [0.25, 0.3) is 0 Å². The number of anilines is 1. The fourth-order valence-electron chi connectivity index (χ4n) is 1.76. The number of ether oxygens (including phenoxy) is 2. The number of piperidine rings is 1. The van der Waals surface area contributed by atoms with Crippen LogP contribution in [-0.2, 0) is 0 Å². The SMILES string of the molecule is COc1nc(OC)nc(N2CCCC(F)C2)n1. The highest BCUT2D eigenvalue weighted by molar-refractivity contribution is 5.33. The number of methoxy groups -OCH3 is 2. The van der Waals surface area contributed by atoms with Crippen molar-refractivity contribution in [1.29, 1.82) is 0 Å². The van der Waals surface area contributed by atoms with Crippen LogP contribution in [0.1, 0.15) is 12.8 Å². The molecular weight excluding hydrogens is 227 g/mol. The third-order valence-electron chi connectivity index (χ3n) is 2.59. The lowest BCUT2D eigenvalue weighted by Crippen LogP contribution is -2.37. The summed E-state index contributed by atoms with van der Waals surface area (Å²) in [5, 5.41) is 0. The maximum atomic E-state index is 13.3. The number of aromatic nitrogens is 3. The molecule has 1 aliphatic heterocycles. The molecule has 0 saturated carbocycles. The van der Waals surface area contributed by atoms with E-state index in [-0.39, 0.29) is 12.0 Å². The zero-order valence-corrected chi connectivity index (χ0v) is 9.89. The average Bonchev–Trinajstić information content (AvgIpc) is 2.38. The molecule has 1 unspecified atom stereocenters. The van der Waals surface area contributed by atoms with E-state index in [9.17, 15) is 4.39 Å². The molecule has 0 amide bonds. The second kappa shape index (κ2) is 5.11. The zero-order valence-electron chi connectivity index (χ0n) is 9.89. The van der Waals surface area contributed by atoms with Crippen molar-refractivity contribution in [3.63, 3.8) is 0 Å². The molecule has 1 aromatic rings. The maximum absolute atomic E-state index is 13.3. The Morgan fingerprint density at radius 3 is 2.35 bits per heavy atom. The highest BCUT2D eigenvalue weighted by Crippen LogP contribution is 2.21. The van der Waals surface area contributed by atoms with Gasteiger partial charge in [0.25, 0.3) is 0 Å². The Balaban J connectivity index is 2.23. The molecule has 0 N–H and O–H groups in total. The van der Waals surface area contributed by atoms with E-state index in [1.165, 1.54) is 14.2 Å². The Hall–Kier alpha value is -1.66. The van der Waals surface area contributed by atoms with Gasteiger partial charge < -0.3 is 14.4 Å². The molecule has 1 aromatic heterocycles. The van der Waals surface area contributed by atoms with Gasteiger partial charge in [-0.2, -0.15) is 9.97 Å². The summed E-state index contributed by atoms with van der Waals surface area (Å²) < 4.78 is 23.2. The molecule has 0 spiro atoms. The number of alkyl halides is 1. The summed E-state index contributed by atoms with van der Waals surface area (Å²) in [7, 11) is 2.93. The van der Waals surface area contributed by atoms with Crippen molar-refractivity contribution in [2.75, 3.05) is 32.2 Å². The van der Waals surface area contributed by atoms with Crippen LogP contribution < -0.4 is 14.4 Å². The number of rotatable bonds is 3. The minimum Gasteiger partial charge on any atom is -0.467 e. The molecule has 2 rings (SSSR count). The Bertz CT molecular complexity index is 368. The molecule has 1 saturated heterocycles. The standard InChI is InChI=1S/C10H15FN4O2/c1-16-9-12-8(13-10(14-9)17-2)15-5-3-4-7(11)6-15/h7H,3-6H2,1-2H3. The molecule has 0 radical (unpaired) electrons. The highest BCUT2D eigenvalue weighted by Gasteiger charge is 2.22. The van der Waals surface area contributed by atoms with Gasteiger partial charge in [-0.25, -0.2) is 4.39 Å². The average molecular weight is 242 g/mol. The fourth-order valence-corrected chi connectivity index (χ4v) is 1.76. The van der Waals surface area contributed by atoms with Crippen LogP contribution in [0, 0.1) is 0 Å². The van der Waals surface area contributed by atoms with Crippen molar-refractivity contribution >= 4 is 5.95 Å². The van der Waals surface area contributed by atoms with E-state index in [0.717, 1.165) is 13.0 Å². The molecule has 0 bridgehead atoms. The van der Waals surface area contributed by atoms with Crippen molar-refractivity contribution in [3.8, 4) is 12.0 Å². The van der Waals surface area contributed by atoms with Gasteiger partial charge in [-0.3, -0.25) is 0 Å². The zero-order chi connectivity index (χ0) is 12.3. The molecule has 2 heterocycles. The molecule has 6 nitrogen and oxygen atoms in total. The van der Waals surface area contributed by atoms with Crippen molar-refractivity contribution in [1.82, 2.24) is 15.0 Å².